The van der Waals surface area contributed by atoms with E-state index in [1.165, 1.54) is 0 Å². The van der Waals surface area contributed by atoms with Gasteiger partial charge in [0.15, 0.2) is 17.1 Å². The molecule has 0 saturated carbocycles. The van der Waals surface area contributed by atoms with Crippen molar-refractivity contribution in [2.75, 3.05) is 40.0 Å². The standard InChI is InChI=1S/C24H29N3O4/c1-29-21-8-7-18(20(25)9-10-27-11-13-30-14-12-27)19-15-22(31-23(19)21)24(28)26-16-17-5-3-2-4-6-17/h2-8,15,20H,9-14,16,25H2,1H3,(H,26,28). The van der Waals surface area contributed by atoms with Crippen LogP contribution in [0.5, 0.6) is 5.75 Å². The van der Waals surface area contributed by atoms with Crippen LogP contribution < -0.4 is 15.8 Å². The Balaban J connectivity index is 1.51. The monoisotopic (exact) mass is 423 g/mol. The molecule has 2 aromatic carbocycles. The van der Waals surface area contributed by atoms with Gasteiger partial charge in [-0.15, -0.1) is 0 Å². The number of hydrogen-bond donors (Lipinski definition) is 2. The number of fused-ring (bicyclic) bond motifs is 1. The smallest absolute Gasteiger partial charge is 0.287 e. The van der Waals surface area contributed by atoms with Crippen molar-refractivity contribution in [1.82, 2.24) is 10.2 Å². The van der Waals surface area contributed by atoms with Crippen molar-refractivity contribution in [3.8, 4) is 5.75 Å². The zero-order valence-electron chi connectivity index (χ0n) is 17.8. The predicted molar refractivity (Wildman–Crippen MR) is 119 cm³/mol. The Kier molecular flexibility index (Phi) is 6.86. The summed E-state index contributed by atoms with van der Waals surface area (Å²) in [5, 5.41) is 3.73. The van der Waals surface area contributed by atoms with E-state index in [0.717, 1.165) is 55.8 Å². The van der Waals surface area contributed by atoms with E-state index in [2.05, 4.69) is 10.2 Å². The minimum absolute atomic E-state index is 0.172. The van der Waals surface area contributed by atoms with Gasteiger partial charge in [0.2, 0.25) is 0 Å². The zero-order chi connectivity index (χ0) is 21.6. The van der Waals surface area contributed by atoms with E-state index in [1.807, 2.05) is 42.5 Å². The minimum Gasteiger partial charge on any atom is -0.493 e. The lowest BCUT2D eigenvalue weighted by atomic mass is 9.99. The number of ether oxygens (including phenoxy) is 2. The van der Waals surface area contributed by atoms with Crippen LogP contribution in [0.2, 0.25) is 0 Å². The average Bonchev–Trinajstić information content (AvgIpc) is 3.27. The van der Waals surface area contributed by atoms with Crippen LogP contribution in [-0.2, 0) is 11.3 Å². The molecule has 1 atom stereocenters. The van der Waals surface area contributed by atoms with Gasteiger partial charge >= 0.3 is 0 Å². The van der Waals surface area contributed by atoms with Crippen molar-refractivity contribution in [2.45, 2.75) is 19.0 Å². The number of amides is 1. The Morgan fingerprint density at radius 1 is 1.19 bits per heavy atom. The van der Waals surface area contributed by atoms with Gasteiger partial charge in [-0.2, -0.15) is 0 Å². The minimum atomic E-state index is -0.269. The number of nitrogens with two attached hydrogens (primary N) is 1. The molecule has 7 nitrogen and oxygen atoms in total. The van der Waals surface area contributed by atoms with Crippen molar-refractivity contribution in [2.24, 2.45) is 5.73 Å². The Morgan fingerprint density at radius 2 is 1.97 bits per heavy atom. The number of furan rings is 1. The lowest BCUT2D eigenvalue weighted by Gasteiger charge is -2.27. The molecule has 1 amide bonds. The van der Waals surface area contributed by atoms with Crippen molar-refractivity contribution in [1.29, 1.82) is 0 Å². The van der Waals surface area contributed by atoms with E-state index in [9.17, 15) is 4.79 Å². The van der Waals surface area contributed by atoms with Crippen molar-refractivity contribution < 1.29 is 18.7 Å². The van der Waals surface area contributed by atoms with E-state index < -0.39 is 0 Å². The number of methoxy groups -OCH3 is 1. The molecule has 1 aromatic heterocycles. The van der Waals surface area contributed by atoms with Crippen LogP contribution in [0.25, 0.3) is 11.0 Å². The summed E-state index contributed by atoms with van der Waals surface area (Å²) in [4.78, 5) is 15.1. The molecule has 2 heterocycles. The third kappa shape index (κ3) is 5.07. The summed E-state index contributed by atoms with van der Waals surface area (Å²) in [6.07, 6.45) is 0.808. The average molecular weight is 424 g/mol. The summed E-state index contributed by atoms with van der Waals surface area (Å²) in [6, 6.07) is 15.2. The van der Waals surface area contributed by atoms with Gasteiger partial charge in [0.1, 0.15) is 0 Å². The molecule has 164 valence electrons. The molecule has 1 fully saturated rings. The molecule has 3 N–H and O–H groups in total. The zero-order valence-corrected chi connectivity index (χ0v) is 17.8. The van der Waals surface area contributed by atoms with Crippen LogP contribution >= 0.6 is 0 Å². The quantitative estimate of drug-likeness (QED) is 0.579. The second kappa shape index (κ2) is 9.96. The van der Waals surface area contributed by atoms with Gasteiger partial charge in [-0.05, 0) is 29.7 Å². The number of nitrogens with one attached hydrogen (secondary N) is 1. The van der Waals surface area contributed by atoms with E-state index in [0.29, 0.717) is 17.9 Å². The third-order valence-corrected chi connectivity index (χ3v) is 5.68. The van der Waals surface area contributed by atoms with Gasteiger partial charge in [0.05, 0.1) is 20.3 Å². The topological polar surface area (TPSA) is 90.0 Å². The van der Waals surface area contributed by atoms with Crippen LogP contribution in [0, 0.1) is 0 Å². The first-order valence-electron chi connectivity index (χ1n) is 10.6. The van der Waals surface area contributed by atoms with Crippen LogP contribution in [0.1, 0.15) is 34.1 Å². The van der Waals surface area contributed by atoms with Gasteiger partial charge in [-0.3, -0.25) is 9.69 Å². The highest BCUT2D eigenvalue weighted by atomic mass is 16.5. The van der Waals surface area contributed by atoms with E-state index in [1.54, 1.807) is 13.2 Å². The van der Waals surface area contributed by atoms with Crippen LogP contribution in [0.4, 0.5) is 0 Å². The summed E-state index contributed by atoms with van der Waals surface area (Å²) >= 11 is 0. The number of carbonyl (C=O) groups is 1. The maximum atomic E-state index is 12.7. The number of morpholine rings is 1. The molecule has 0 radical (unpaired) electrons. The second-order valence-corrected chi connectivity index (χ2v) is 7.73. The fourth-order valence-electron chi connectivity index (χ4n) is 3.88. The SMILES string of the molecule is COc1ccc(C(N)CCN2CCOCC2)c2cc(C(=O)NCc3ccccc3)oc12. The molecule has 31 heavy (non-hydrogen) atoms. The van der Waals surface area contributed by atoms with Crippen molar-refractivity contribution >= 4 is 16.9 Å². The molecular formula is C24H29N3O4. The highest BCUT2D eigenvalue weighted by molar-refractivity contribution is 5.98. The van der Waals surface area contributed by atoms with E-state index in [4.69, 9.17) is 19.6 Å². The Labute approximate surface area is 182 Å². The summed E-state index contributed by atoms with van der Waals surface area (Å²) in [5.41, 5.74) is 9.07. The van der Waals surface area contributed by atoms with Gasteiger partial charge in [0.25, 0.3) is 5.91 Å². The molecule has 0 spiro atoms. The van der Waals surface area contributed by atoms with Crippen LogP contribution in [0.3, 0.4) is 0 Å². The first-order chi connectivity index (χ1) is 15.2. The number of carbonyl (C=O) groups excluding carboxylic acids is 1. The molecule has 3 aromatic rings. The molecule has 1 aliphatic heterocycles. The number of nitrogens with zero attached hydrogens (tertiary/aromatic N) is 1. The molecule has 0 bridgehead atoms. The maximum absolute atomic E-state index is 12.7. The fourth-order valence-corrected chi connectivity index (χ4v) is 3.88. The normalized spacial score (nSPS) is 15.7. The highest BCUT2D eigenvalue weighted by Gasteiger charge is 2.21. The Hall–Kier alpha value is -2.87. The van der Waals surface area contributed by atoms with Gasteiger partial charge in [0, 0.05) is 37.6 Å². The number of benzene rings is 2. The van der Waals surface area contributed by atoms with Crippen LogP contribution in [0.15, 0.2) is 52.9 Å². The predicted octanol–water partition coefficient (Wildman–Crippen LogP) is 3.09. The van der Waals surface area contributed by atoms with E-state index in [-0.39, 0.29) is 17.7 Å². The first-order valence-corrected chi connectivity index (χ1v) is 10.6. The molecule has 1 aliphatic rings. The Bertz CT molecular complexity index is 1010. The maximum Gasteiger partial charge on any atom is 0.287 e. The van der Waals surface area contributed by atoms with Gasteiger partial charge in [-0.1, -0.05) is 36.4 Å². The van der Waals surface area contributed by atoms with Crippen molar-refractivity contribution in [3.63, 3.8) is 0 Å². The molecule has 1 unspecified atom stereocenters. The molecule has 1 saturated heterocycles. The van der Waals surface area contributed by atoms with Crippen LogP contribution in [-0.4, -0.2) is 50.8 Å². The third-order valence-electron chi connectivity index (χ3n) is 5.68. The summed E-state index contributed by atoms with van der Waals surface area (Å²) < 4.78 is 16.8. The molecule has 4 rings (SSSR count). The first kappa shape index (κ1) is 21.4. The fraction of sp³-hybridized carbons (Fsp3) is 0.375. The van der Waals surface area contributed by atoms with Crippen molar-refractivity contribution in [3.05, 3.63) is 65.4 Å². The number of rotatable bonds is 8. The second-order valence-electron chi connectivity index (χ2n) is 7.73. The largest absolute Gasteiger partial charge is 0.493 e. The summed E-state index contributed by atoms with van der Waals surface area (Å²) in [7, 11) is 1.59. The summed E-state index contributed by atoms with van der Waals surface area (Å²) in [6.45, 7) is 4.74. The molecular weight excluding hydrogens is 394 g/mol. The number of hydrogen-bond acceptors (Lipinski definition) is 6. The lowest BCUT2D eigenvalue weighted by molar-refractivity contribution is 0.0366. The van der Waals surface area contributed by atoms with E-state index >= 15 is 0 Å². The molecule has 0 aliphatic carbocycles. The Morgan fingerprint density at radius 3 is 2.71 bits per heavy atom. The highest BCUT2D eigenvalue weighted by Crippen LogP contribution is 2.34. The molecule has 7 heteroatoms. The van der Waals surface area contributed by atoms with Gasteiger partial charge < -0.3 is 24.9 Å². The summed E-state index contributed by atoms with van der Waals surface area (Å²) in [5.74, 6) is 0.563. The van der Waals surface area contributed by atoms with Gasteiger partial charge in [-0.25, -0.2) is 0 Å². The lowest BCUT2D eigenvalue weighted by Crippen LogP contribution is -2.37.